The molecule has 4 fully saturated rings. The van der Waals surface area contributed by atoms with E-state index in [1.54, 1.807) is 0 Å². The van der Waals surface area contributed by atoms with Gasteiger partial charge in [-0.15, -0.1) is 0 Å². The number of hydrogen-bond acceptors (Lipinski definition) is 1. The Kier molecular flexibility index (Phi) is 2.47. The molecule has 0 heterocycles. The maximum atomic E-state index is 12.5. The van der Waals surface area contributed by atoms with Crippen molar-refractivity contribution in [2.45, 2.75) is 64.2 Å². The van der Waals surface area contributed by atoms with E-state index in [9.17, 15) is 4.79 Å². The number of ketones is 1. The summed E-state index contributed by atoms with van der Waals surface area (Å²) in [6.45, 7) is 0. The number of allylic oxidation sites excluding steroid dienone is 2. The quantitative estimate of drug-likeness (QED) is 0.724. The van der Waals surface area contributed by atoms with Gasteiger partial charge >= 0.3 is 0 Å². The van der Waals surface area contributed by atoms with Crippen LogP contribution >= 0.6 is 0 Å². The Labute approximate surface area is 110 Å². The molecule has 0 saturated heterocycles. The molecule has 5 rings (SSSR count). The minimum atomic E-state index is 0.440. The van der Waals surface area contributed by atoms with Crippen LogP contribution in [0.1, 0.15) is 64.2 Å². The number of carbonyl (C=O) groups excluding carboxylic acids is 1. The van der Waals surface area contributed by atoms with Crippen molar-refractivity contribution in [3.8, 4) is 0 Å². The topological polar surface area (TPSA) is 17.1 Å². The molecule has 0 amide bonds. The van der Waals surface area contributed by atoms with Crippen molar-refractivity contribution in [3.05, 3.63) is 11.6 Å². The smallest absolute Gasteiger partial charge is 0.159 e. The number of Topliss-reactive ketones (excluding diaryl/α,β-unsaturated/α-hetero) is 1. The van der Waals surface area contributed by atoms with Crippen LogP contribution in [-0.4, -0.2) is 5.78 Å². The molecule has 4 saturated carbocycles. The summed E-state index contributed by atoms with van der Waals surface area (Å²) in [4.78, 5) is 12.5. The first-order chi connectivity index (χ1) is 8.72. The largest absolute Gasteiger partial charge is 0.295 e. The Hall–Kier alpha value is -0.590. The van der Waals surface area contributed by atoms with Gasteiger partial charge in [-0.25, -0.2) is 0 Å². The third kappa shape index (κ3) is 1.78. The van der Waals surface area contributed by atoms with E-state index in [-0.39, 0.29) is 0 Å². The zero-order valence-electron chi connectivity index (χ0n) is 11.3. The molecule has 5 aliphatic carbocycles. The highest BCUT2D eigenvalue weighted by Gasteiger charge is 2.51. The molecule has 0 radical (unpaired) electrons. The van der Waals surface area contributed by atoms with E-state index in [0.717, 1.165) is 37.0 Å². The van der Waals surface area contributed by atoms with Gasteiger partial charge < -0.3 is 0 Å². The lowest BCUT2D eigenvalue weighted by atomic mass is 9.48. The molecular weight excluding hydrogens is 220 g/mol. The molecule has 0 aliphatic heterocycles. The number of rotatable bonds is 3. The summed E-state index contributed by atoms with van der Waals surface area (Å²) >= 11 is 0. The van der Waals surface area contributed by atoms with Gasteiger partial charge in [0.1, 0.15) is 0 Å². The van der Waals surface area contributed by atoms with E-state index >= 15 is 0 Å². The van der Waals surface area contributed by atoms with E-state index in [1.165, 1.54) is 50.5 Å². The van der Waals surface area contributed by atoms with Crippen molar-refractivity contribution in [3.63, 3.8) is 0 Å². The van der Waals surface area contributed by atoms with Crippen molar-refractivity contribution in [1.82, 2.24) is 0 Å². The summed E-state index contributed by atoms with van der Waals surface area (Å²) in [6.07, 6.45) is 15.1. The molecule has 0 unspecified atom stereocenters. The van der Waals surface area contributed by atoms with Gasteiger partial charge in [-0.3, -0.25) is 4.79 Å². The molecule has 1 nitrogen and oxygen atoms in total. The van der Waals surface area contributed by atoms with Gasteiger partial charge in [0.15, 0.2) is 5.78 Å². The van der Waals surface area contributed by atoms with Gasteiger partial charge in [0.2, 0.25) is 0 Å². The Morgan fingerprint density at radius 3 is 2.22 bits per heavy atom. The van der Waals surface area contributed by atoms with Crippen molar-refractivity contribution in [2.24, 2.45) is 23.2 Å². The monoisotopic (exact) mass is 244 g/mol. The van der Waals surface area contributed by atoms with Crippen LogP contribution in [0.4, 0.5) is 0 Å². The molecular formula is C17H24O. The third-order valence-corrected chi connectivity index (χ3v) is 6.10. The summed E-state index contributed by atoms with van der Waals surface area (Å²) in [6, 6.07) is 0. The summed E-state index contributed by atoms with van der Waals surface area (Å²) in [5.41, 5.74) is 1.61. The van der Waals surface area contributed by atoms with Gasteiger partial charge in [-0.1, -0.05) is 6.08 Å². The van der Waals surface area contributed by atoms with Crippen LogP contribution in [0, 0.1) is 23.2 Å². The van der Waals surface area contributed by atoms with Crippen molar-refractivity contribution < 1.29 is 4.79 Å². The second-order valence-electron chi connectivity index (χ2n) is 7.64. The second kappa shape index (κ2) is 3.95. The fourth-order valence-electron chi connectivity index (χ4n) is 5.88. The highest BCUT2D eigenvalue weighted by molar-refractivity contribution is 5.96. The molecule has 0 aromatic heterocycles. The molecule has 4 bridgehead atoms. The molecule has 0 aromatic rings. The predicted molar refractivity (Wildman–Crippen MR) is 72.2 cm³/mol. The Morgan fingerprint density at radius 2 is 1.72 bits per heavy atom. The van der Waals surface area contributed by atoms with Gasteiger partial charge in [0.25, 0.3) is 0 Å². The predicted octanol–water partition coefficient (Wildman–Crippen LogP) is 4.27. The molecule has 18 heavy (non-hydrogen) atoms. The second-order valence-corrected chi connectivity index (χ2v) is 7.64. The van der Waals surface area contributed by atoms with Crippen LogP contribution in [0.15, 0.2) is 11.6 Å². The van der Waals surface area contributed by atoms with Crippen LogP contribution in [-0.2, 0) is 4.79 Å². The maximum Gasteiger partial charge on any atom is 0.159 e. The lowest BCUT2D eigenvalue weighted by molar-refractivity contribution is -0.123. The lowest BCUT2D eigenvalue weighted by Crippen LogP contribution is -2.46. The highest BCUT2D eigenvalue weighted by atomic mass is 16.1. The van der Waals surface area contributed by atoms with E-state index < -0.39 is 0 Å². The van der Waals surface area contributed by atoms with E-state index in [1.807, 2.05) is 0 Å². The fraction of sp³-hybridized carbons (Fsp3) is 0.824. The summed E-state index contributed by atoms with van der Waals surface area (Å²) in [5, 5.41) is 0. The molecule has 1 heteroatoms. The minimum absolute atomic E-state index is 0.440. The lowest BCUT2D eigenvalue weighted by Gasteiger charge is -2.56. The minimum Gasteiger partial charge on any atom is -0.295 e. The summed E-state index contributed by atoms with van der Waals surface area (Å²) in [5.74, 6) is 3.43. The zero-order valence-corrected chi connectivity index (χ0v) is 11.3. The Balaban J connectivity index is 1.52. The molecule has 0 spiro atoms. The van der Waals surface area contributed by atoms with Gasteiger partial charge in [0, 0.05) is 6.42 Å². The first kappa shape index (κ1) is 11.3. The van der Waals surface area contributed by atoms with Crippen LogP contribution in [0.25, 0.3) is 0 Å². The van der Waals surface area contributed by atoms with Gasteiger partial charge in [-0.2, -0.15) is 0 Å². The van der Waals surface area contributed by atoms with E-state index in [0.29, 0.717) is 11.2 Å². The number of carbonyl (C=O) groups is 1. The fourth-order valence-corrected chi connectivity index (χ4v) is 5.88. The van der Waals surface area contributed by atoms with Crippen molar-refractivity contribution in [1.29, 1.82) is 0 Å². The van der Waals surface area contributed by atoms with Crippen LogP contribution in [0.3, 0.4) is 0 Å². The average Bonchev–Trinajstić information content (AvgIpc) is 2.79. The molecule has 0 N–H and O–H groups in total. The van der Waals surface area contributed by atoms with Crippen LogP contribution in [0.5, 0.6) is 0 Å². The molecule has 0 atom stereocenters. The van der Waals surface area contributed by atoms with Crippen LogP contribution < -0.4 is 0 Å². The molecule has 0 aromatic carbocycles. The SMILES string of the molecule is O=C(CC12CC3CC(CC(C3)C1)C2)C1=CCCC1. The third-order valence-electron chi connectivity index (χ3n) is 6.10. The normalized spacial score (nSPS) is 45.3. The van der Waals surface area contributed by atoms with E-state index in [2.05, 4.69) is 6.08 Å². The maximum absolute atomic E-state index is 12.5. The van der Waals surface area contributed by atoms with Gasteiger partial charge in [-0.05, 0) is 86.5 Å². The average molecular weight is 244 g/mol. The van der Waals surface area contributed by atoms with Crippen molar-refractivity contribution >= 4 is 5.78 Å². The van der Waals surface area contributed by atoms with Crippen molar-refractivity contribution in [2.75, 3.05) is 0 Å². The standard InChI is InChI=1S/C17H24O/c18-16(15-3-1-2-4-15)11-17-8-12-5-13(9-17)7-14(6-12)10-17/h3,12-14H,1-2,4-11H2. The van der Waals surface area contributed by atoms with Crippen LogP contribution in [0.2, 0.25) is 0 Å². The Bertz CT molecular complexity index is 369. The summed E-state index contributed by atoms with van der Waals surface area (Å²) < 4.78 is 0. The molecule has 98 valence electrons. The highest BCUT2D eigenvalue weighted by Crippen LogP contribution is 2.61. The van der Waals surface area contributed by atoms with Gasteiger partial charge in [0.05, 0.1) is 0 Å². The molecule has 5 aliphatic rings. The Morgan fingerprint density at radius 1 is 1.11 bits per heavy atom. The van der Waals surface area contributed by atoms with E-state index in [4.69, 9.17) is 0 Å². The zero-order chi connectivity index (χ0) is 12.2. The summed E-state index contributed by atoms with van der Waals surface area (Å²) in [7, 11) is 0. The number of hydrogen-bond donors (Lipinski definition) is 0. The first-order valence-electron chi connectivity index (χ1n) is 7.95. The first-order valence-corrected chi connectivity index (χ1v) is 7.95.